The van der Waals surface area contributed by atoms with Crippen LogP contribution in [0.3, 0.4) is 0 Å². The molecule has 0 aromatic heterocycles. The van der Waals surface area contributed by atoms with Gasteiger partial charge < -0.3 is 10.2 Å². The summed E-state index contributed by atoms with van der Waals surface area (Å²) in [6.45, 7) is 4.11. The van der Waals surface area contributed by atoms with Crippen molar-refractivity contribution in [3.63, 3.8) is 0 Å². The van der Waals surface area contributed by atoms with Gasteiger partial charge in [-0.15, -0.1) is 0 Å². The summed E-state index contributed by atoms with van der Waals surface area (Å²) in [5, 5.41) is 4.20. The smallest absolute Gasteiger partial charge is 0.274 e. The van der Waals surface area contributed by atoms with E-state index in [9.17, 15) is 9.59 Å². The molecule has 6 nitrogen and oxygen atoms in total. The Balaban J connectivity index is 1.98. The van der Waals surface area contributed by atoms with Gasteiger partial charge in [0, 0.05) is 6.04 Å². The Kier molecular flexibility index (Phi) is 2.25. The molecule has 3 aliphatic heterocycles. The zero-order valence-corrected chi connectivity index (χ0v) is 11.6. The number of rotatable bonds is 1. The minimum absolute atomic E-state index is 0.0348. The van der Waals surface area contributed by atoms with Gasteiger partial charge in [-0.1, -0.05) is 15.9 Å². The van der Waals surface area contributed by atoms with E-state index in [1.54, 1.807) is 11.0 Å². The number of carbonyl (C=O) groups excluding carboxylic acids is 2. The number of nitrogens with one attached hydrogen (secondary N) is 2. The first-order valence-corrected chi connectivity index (χ1v) is 6.63. The molecule has 18 heavy (non-hydrogen) atoms. The lowest BCUT2D eigenvalue weighted by Gasteiger charge is -2.26. The lowest BCUT2D eigenvalue weighted by Crippen LogP contribution is -2.47. The molecule has 3 heterocycles. The van der Waals surface area contributed by atoms with Crippen LogP contribution in [0.4, 0.5) is 0 Å². The van der Waals surface area contributed by atoms with Gasteiger partial charge in [-0.3, -0.25) is 9.59 Å². The molecule has 0 spiro atoms. The third kappa shape index (κ3) is 1.50. The molecule has 0 aromatic carbocycles. The van der Waals surface area contributed by atoms with Crippen LogP contribution < -0.4 is 10.7 Å². The van der Waals surface area contributed by atoms with E-state index in [1.165, 1.54) is 5.01 Å². The molecule has 2 N–H and O–H groups in total. The van der Waals surface area contributed by atoms with Gasteiger partial charge >= 0.3 is 0 Å². The topological polar surface area (TPSA) is 64.7 Å². The zero-order chi connectivity index (χ0) is 13.9. The fourth-order valence-electron chi connectivity index (χ4n) is 2.23. The molecule has 0 aliphatic carbocycles. The fraction of sp³-hybridized carbons (Fsp3) is 0.455. The maximum Gasteiger partial charge on any atom is 0.274 e. The fourth-order valence-corrected chi connectivity index (χ4v) is 2.67. The van der Waals surface area contributed by atoms with Gasteiger partial charge in [-0.05, 0) is 19.9 Å². The highest BCUT2D eigenvalue weighted by molar-refractivity contribution is 9.09. The van der Waals surface area contributed by atoms with Gasteiger partial charge in [0.1, 0.15) is 17.9 Å². The molecule has 3 rings (SSSR count). The van der Waals surface area contributed by atoms with Gasteiger partial charge in [0.15, 0.2) is 0 Å². The molecule has 1 unspecified atom stereocenters. The number of halogens is 1. The minimum atomic E-state index is -0.379. The second kappa shape index (κ2) is 3.83. The molecule has 0 radical (unpaired) electrons. The van der Waals surface area contributed by atoms with E-state index in [-0.39, 0.29) is 22.8 Å². The van der Waals surface area contributed by atoms with Crippen molar-refractivity contribution in [2.45, 2.75) is 24.8 Å². The molecule has 0 aromatic rings. The molecule has 0 saturated heterocycles. The van der Waals surface area contributed by atoms with Crippen molar-refractivity contribution in [2.24, 2.45) is 0 Å². The number of hydrazine groups is 1. The van der Waals surface area contributed by atoms with Gasteiger partial charge in [0.25, 0.3) is 11.8 Å². The summed E-state index contributed by atoms with van der Waals surface area (Å²) in [5.41, 5.74) is 1.81. The number of fused-ring (bicyclic) bond motifs is 1. The second-order valence-corrected chi connectivity index (χ2v) is 5.60. The molecule has 2 amide bonds. The van der Waals surface area contributed by atoms with Crippen molar-refractivity contribution < 1.29 is 11.0 Å². The predicted octanol–water partition coefficient (Wildman–Crippen LogP) is 0.00350. The van der Waals surface area contributed by atoms with Gasteiger partial charge in [0.05, 0.1) is 12.1 Å². The van der Waals surface area contributed by atoms with Crippen molar-refractivity contribution in [1.29, 1.82) is 0 Å². The van der Waals surface area contributed by atoms with Crippen molar-refractivity contribution in [2.75, 3.05) is 6.54 Å². The van der Waals surface area contributed by atoms with E-state index in [1.807, 2.05) is 13.8 Å². The number of amides is 2. The van der Waals surface area contributed by atoms with E-state index in [0.29, 0.717) is 23.6 Å². The van der Waals surface area contributed by atoms with Crippen LogP contribution >= 0.6 is 15.9 Å². The Labute approximate surface area is 114 Å². The molecule has 96 valence electrons. The molecular weight excluding hydrogens is 300 g/mol. The molecular formula is C11H13BrN4O2. The van der Waals surface area contributed by atoms with Crippen molar-refractivity contribution >= 4 is 27.7 Å². The molecule has 3 aliphatic rings. The van der Waals surface area contributed by atoms with E-state index in [2.05, 4.69) is 21.2 Å². The van der Waals surface area contributed by atoms with Crippen molar-refractivity contribution in [3.8, 4) is 0 Å². The normalized spacial score (nSPS) is 28.6. The first-order chi connectivity index (χ1) is 8.91. The molecule has 7 heteroatoms. The number of alkyl halides is 1. The predicted molar refractivity (Wildman–Crippen MR) is 67.8 cm³/mol. The third-order valence-corrected chi connectivity index (χ3v) is 3.63. The highest BCUT2D eigenvalue weighted by Crippen LogP contribution is 2.29. The summed E-state index contributed by atoms with van der Waals surface area (Å²) < 4.78 is 7.81. The number of hydrogen-bond acceptors (Lipinski definition) is 4. The van der Waals surface area contributed by atoms with Crippen molar-refractivity contribution in [3.05, 3.63) is 23.2 Å². The molecule has 1 atom stereocenters. The van der Waals surface area contributed by atoms with Crippen molar-refractivity contribution in [1.82, 2.24) is 20.6 Å². The van der Waals surface area contributed by atoms with Crippen LogP contribution in [-0.4, -0.2) is 39.3 Å². The van der Waals surface area contributed by atoms with Crippen LogP contribution in [0.2, 0.25) is 1.41 Å². The Hall–Kier alpha value is -1.34. The van der Waals surface area contributed by atoms with E-state index >= 15 is 0 Å². The maximum atomic E-state index is 12.4. The lowest BCUT2D eigenvalue weighted by atomic mass is 10.2. The largest absolute Gasteiger partial charge is 0.336 e. The Bertz CT molecular complexity index is 545. The Morgan fingerprint density at radius 1 is 1.50 bits per heavy atom. The van der Waals surface area contributed by atoms with Crippen LogP contribution in [0.1, 0.15) is 13.8 Å². The van der Waals surface area contributed by atoms with Crippen LogP contribution in [0.5, 0.6) is 0 Å². The molecule has 0 fully saturated rings. The summed E-state index contributed by atoms with van der Waals surface area (Å²) in [6.07, 6.45) is 1.68. The SMILES string of the molecule is [2H]N1C(Br)C=C2NC3=C(CN(C(C)C)C3=O)C(=O)N21. The van der Waals surface area contributed by atoms with E-state index in [0.717, 1.165) is 5.42 Å². The van der Waals surface area contributed by atoms with E-state index in [4.69, 9.17) is 1.41 Å². The third-order valence-electron chi connectivity index (χ3n) is 3.18. The zero-order valence-electron chi connectivity index (χ0n) is 11.0. The number of carbonyl (C=O) groups is 2. The van der Waals surface area contributed by atoms with Crippen LogP contribution in [0.25, 0.3) is 0 Å². The van der Waals surface area contributed by atoms with Gasteiger partial charge in [-0.25, -0.2) is 10.4 Å². The summed E-state index contributed by atoms with van der Waals surface area (Å²) in [7, 11) is 0. The highest BCUT2D eigenvalue weighted by atomic mass is 79.9. The first-order valence-electron chi connectivity index (χ1n) is 6.16. The summed E-state index contributed by atoms with van der Waals surface area (Å²) in [5.74, 6) is -0.0125. The van der Waals surface area contributed by atoms with Crippen LogP contribution in [0.15, 0.2) is 23.2 Å². The van der Waals surface area contributed by atoms with Gasteiger partial charge in [-0.2, -0.15) is 0 Å². The standard InChI is InChI=1S/C11H13BrN4O2/c1-5(2)15-4-6-9(11(15)18)13-8-3-7(12)14-16(8)10(6)17/h3,5,7,13-14H,4H2,1-2H3/i/hD. The van der Waals surface area contributed by atoms with E-state index < -0.39 is 0 Å². The van der Waals surface area contributed by atoms with Gasteiger partial charge in [0.2, 0.25) is 0 Å². The number of hydrogen-bond donors (Lipinski definition) is 2. The molecule has 0 saturated carbocycles. The summed E-state index contributed by atoms with van der Waals surface area (Å²) in [6, 6.07) is 0.0348. The average Bonchev–Trinajstić information content (AvgIpc) is 2.81. The number of nitrogens with zero attached hydrogens (tertiary/aromatic N) is 2. The highest BCUT2D eigenvalue weighted by Gasteiger charge is 2.43. The second-order valence-electron chi connectivity index (χ2n) is 4.66. The monoisotopic (exact) mass is 313 g/mol. The first kappa shape index (κ1) is 10.6. The maximum absolute atomic E-state index is 12.4. The summed E-state index contributed by atoms with van der Waals surface area (Å²) in [4.78, 5) is 25.9. The average molecular weight is 314 g/mol. The lowest BCUT2D eigenvalue weighted by molar-refractivity contribution is -0.129. The summed E-state index contributed by atoms with van der Waals surface area (Å²) >= 11 is 3.27. The Morgan fingerprint density at radius 3 is 2.89 bits per heavy atom. The Morgan fingerprint density at radius 2 is 2.22 bits per heavy atom. The quantitative estimate of drug-likeness (QED) is 0.528. The van der Waals surface area contributed by atoms with Crippen LogP contribution in [-0.2, 0) is 9.59 Å². The minimum Gasteiger partial charge on any atom is -0.336 e. The van der Waals surface area contributed by atoms with Crippen LogP contribution in [0, 0.1) is 0 Å². The molecule has 0 bridgehead atoms.